The Morgan fingerprint density at radius 1 is 1.35 bits per heavy atom. The maximum atomic E-state index is 12.0. The van der Waals surface area contributed by atoms with Crippen LogP contribution in [0.25, 0.3) is 0 Å². The Bertz CT molecular complexity index is 695. The molecule has 1 aromatic heterocycles. The number of carbonyl (C=O) groups excluding carboxylic acids is 1. The van der Waals surface area contributed by atoms with Crippen LogP contribution in [0.2, 0.25) is 0 Å². The molecule has 3 rings (SSSR count). The topological polar surface area (TPSA) is 81.0 Å². The summed E-state index contributed by atoms with van der Waals surface area (Å²) in [5.74, 6) is 2.11. The fourth-order valence-electron chi connectivity index (χ4n) is 3.03. The second kappa shape index (κ2) is 6.44. The van der Waals surface area contributed by atoms with E-state index in [1.165, 1.54) is 0 Å². The Labute approximate surface area is 136 Å². The summed E-state index contributed by atoms with van der Waals surface area (Å²) in [6.07, 6.45) is 6.73. The van der Waals surface area contributed by atoms with E-state index in [1.54, 1.807) is 6.20 Å². The molecule has 1 aliphatic rings. The summed E-state index contributed by atoms with van der Waals surface area (Å²) in [6.45, 7) is 4.17. The molecule has 122 valence electrons. The number of nitrogen functional groups attached to an aromatic ring is 1. The predicted octanol–water partition coefficient (Wildman–Crippen LogP) is 3.16. The summed E-state index contributed by atoms with van der Waals surface area (Å²) in [4.78, 5) is 19.3. The highest BCUT2D eigenvalue weighted by molar-refractivity contribution is 6.00. The number of benzene rings is 1. The fraction of sp³-hybridized carbons (Fsp3) is 0.444. The number of H-pyrrole nitrogens is 1. The van der Waals surface area contributed by atoms with Crippen LogP contribution in [0.4, 0.5) is 5.69 Å². The van der Waals surface area contributed by atoms with E-state index in [9.17, 15) is 4.79 Å². The predicted molar refractivity (Wildman–Crippen MR) is 89.7 cm³/mol. The molecule has 23 heavy (non-hydrogen) atoms. The van der Waals surface area contributed by atoms with Crippen LogP contribution < -0.4 is 10.5 Å². The van der Waals surface area contributed by atoms with Gasteiger partial charge in [-0.05, 0) is 43.4 Å². The molecule has 5 heteroatoms. The van der Waals surface area contributed by atoms with Crippen LogP contribution in [0.15, 0.2) is 24.5 Å². The molecule has 0 saturated carbocycles. The van der Waals surface area contributed by atoms with E-state index in [-0.39, 0.29) is 11.9 Å². The third-order valence-corrected chi connectivity index (χ3v) is 4.63. The van der Waals surface area contributed by atoms with Gasteiger partial charge in [-0.3, -0.25) is 4.79 Å². The molecule has 1 heterocycles. The molecule has 5 nitrogen and oxygen atoms in total. The summed E-state index contributed by atoms with van der Waals surface area (Å²) in [6, 6.07) is 3.68. The third kappa shape index (κ3) is 3.23. The second-order valence-electron chi connectivity index (χ2n) is 6.32. The van der Waals surface area contributed by atoms with Crippen LogP contribution in [0.3, 0.4) is 0 Å². The number of anilines is 1. The van der Waals surface area contributed by atoms with E-state index < -0.39 is 0 Å². The molecule has 1 aromatic carbocycles. The number of aromatic nitrogens is 2. The van der Waals surface area contributed by atoms with Gasteiger partial charge in [0.15, 0.2) is 5.78 Å². The van der Waals surface area contributed by atoms with E-state index in [2.05, 4.69) is 16.9 Å². The summed E-state index contributed by atoms with van der Waals surface area (Å²) in [5, 5.41) is 0. The van der Waals surface area contributed by atoms with Crippen LogP contribution in [0.1, 0.15) is 48.4 Å². The zero-order chi connectivity index (χ0) is 16.4. The first-order valence-corrected chi connectivity index (χ1v) is 8.15. The lowest BCUT2D eigenvalue weighted by Crippen LogP contribution is -2.24. The lowest BCUT2D eigenvalue weighted by molar-refractivity contribution is 0.0972. The average molecular weight is 313 g/mol. The molecule has 0 saturated heterocycles. The maximum absolute atomic E-state index is 12.0. The molecule has 0 fully saturated rings. The number of nitrogens with zero attached hydrogens (tertiary/aromatic N) is 1. The number of aromatic amines is 1. The number of nitrogens with two attached hydrogens (primary N) is 1. The summed E-state index contributed by atoms with van der Waals surface area (Å²) < 4.78 is 6.08. The van der Waals surface area contributed by atoms with Crippen LogP contribution in [0.5, 0.6) is 5.75 Å². The zero-order valence-electron chi connectivity index (χ0n) is 13.6. The van der Waals surface area contributed by atoms with Crippen molar-refractivity contribution in [3.8, 4) is 5.75 Å². The Balaban J connectivity index is 1.73. The van der Waals surface area contributed by atoms with Crippen LogP contribution >= 0.6 is 0 Å². The van der Waals surface area contributed by atoms with Gasteiger partial charge in [0.1, 0.15) is 11.6 Å². The lowest BCUT2D eigenvalue weighted by atomic mass is 9.89. The molecule has 0 amide bonds. The van der Waals surface area contributed by atoms with Gasteiger partial charge in [0.05, 0.1) is 11.8 Å². The maximum Gasteiger partial charge on any atom is 0.163 e. The number of Topliss-reactive ketones (excluding diaryl/α,β-unsaturated/α-hetero) is 1. The second-order valence-corrected chi connectivity index (χ2v) is 6.32. The first-order valence-electron chi connectivity index (χ1n) is 8.15. The van der Waals surface area contributed by atoms with Crippen molar-refractivity contribution in [1.29, 1.82) is 0 Å². The highest BCUT2D eigenvalue weighted by atomic mass is 16.5. The molecule has 0 bridgehead atoms. The van der Waals surface area contributed by atoms with Crippen molar-refractivity contribution >= 4 is 11.5 Å². The average Bonchev–Trinajstić information content (AvgIpc) is 3.03. The van der Waals surface area contributed by atoms with Gasteiger partial charge in [-0.25, -0.2) is 4.98 Å². The van der Waals surface area contributed by atoms with Crippen molar-refractivity contribution in [2.24, 2.45) is 5.92 Å². The first kappa shape index (κ1) is 15.6. The normalized spacial score (nSPS) is 16.7. The van der Waals surface area contributed by atoms with Gasteiger partial charge in [0.25, 0.3) is 0 Å². The fourth-order valence-corrected chi connectivity index (χ4v) is 3.03. The van der Waals surface area contributed by atoms with Crippen LogP contribution in [-0.2, 0) is 12.8 Å². The quantitative estimate of drug-likeness (QED) is 0.831. The minimum Gasteiger partial charge on any atom is -0.488 e. The molecule has 3 N–H and O–H groups in total. The van der Waals surface area contributed by atoms with E-state index in [1.807, 2.05) is 25.3 Å². The van der Waals surface area contributed by atoms with Gasteiger partial charge < -0.3 is 15.5 Å². The number of nitrogens with one attached hydrogen (secondary N) is 1. The Morgan fingerprint density at radius 3 is 2.91 bits per heavy atom. The number of hydrogen-bond donors (Lipinski definition) is 2. The molecule has 2 unspecified atom stereocenters. The zero-order valence-corrected chi connectivity index (χ0v) is 13.6. The van der Waals surface area contributed by atoms with Crippen molar-refractivity contribution in [1.82, 2.24) is 9.97 Å². The van der Waals surface area contributed by atoms with E-state index in [0.29, 0.717) is 23.8 Å². The Hall–Kier alpha value is -2.30. The Morgan fingerprint density at radius 2 is 2.17 bits per heavy atom. The van der Waals surface area contributed by atoms with E-state index in [0.717, 1.165) is 36.2 Å². The summed E-state index contributed by atoms with van der Waals surface area (Å²) in [5.41, 5.74) is 8.58. The third-order valence-electron chi connectivity index (χ3n) is 4.63. The molecular formula is C18H23N3O2. The minimum absolute atomic E-state index is 0.000239. The van der Waals surface area contributed by atoms with Crippen molar-refractivity contribution < 1.29 is 9.53 Å². The molecule has 2 atom stereocenters. The SMILES string of the molecule is CC(Cc1ncc[nH]1)C(C)Oc1ccc2c(c1N)CCCC2=O. The number of ether oxygens (including phenoxy) is 1. The highest BCUT2D eigenvalue weighted by Crippen LogP contribution is 2.34. The van der Waals surface area contributed by atoms with E-state index in [4.69, 9.17) is 10.5 Å². The molecule has 0 aliphatic heterocycles. The van der Waals surface area contributed by atoms with Crippen molar-refractivity contribution in [3.63, 3.8) is 0 Å². The highest BCUT2D eigenvalue weighted by Gasteiger charge is 2.23. The first-order chi connectivity index (χ1) is 11.1. The van der Waals surface area contributed by atoms with Gasteiger partial charge in [0, 0.05) is 30.8 Å². The molecular weight excluding hydrogens is 290 g/mol. The monoisotopic (exact) mass is 313 g/mol. The van der Waals surface area contributed by atoms with Crippen molar-refractivity contribution in [3.05, 3.63) is 41.5 Å². The number of carbonyl (C=O) groups is 1. The van der Waals surface area contributed by atoms with Crippen molar-refractivity contribution in [2.45, 2.75) is 45.6 Å². The van der Waals surface area contributed by atoms with Gasteiger partial charge in [-0.1, -0.05) is 6.92 Å². The van der Waals surface area contributed by atoms with Gasteiger partial charge in [0.2, 0.25) is 0 Å². The molecule has 1 aliphatic carbocycles. The Kier molecular flexibility index (Phi) is 4.37. The summed E-state index contributed by atoms with van der Waals surface area (Å²) >= 11 is 0. The largest absolute Gasteiger partial charge is 0.488 e. The number of hydrogen-bond acceptors (Lipinski definition) is 4. The minimum atomic E-state index is -0.000239. The van der Waals surface area contributed by atoms with Crippen molar-refractivity contribution in [2.75, 3.05) is 5.73 Å². The number of rotatable bonds is 5. The van der Waals surface area contributed by atoms with Crippen LogP contribution in [0, 0.1) is 5.92 Å². The van der Waals surface area contributed by atoms with Gasteiger partial charge >= 0.3 is 0 Å². The smallest absolute Gasteiger partial charge is 0.163 e. The molecule has 0 spiro atoms. The van der Waals surface area contributed by atoms with Gasteiger partial charge in [-0.15, -0.1) is 0 Å². The number of imidazole rings is 1. The van der Waals surface area contributed by atoms with Gasteiger partial charge in [-0.2, -0.15) is 0 Å². The number of fused-ring (bicyclic) bond motifs is 1. The lowest BCUT2D eigenvalue weighted by Gasteiger charge is -2.24. The molecule has 2 aromatic rings. The number of ketones is 1. The molecule has 0 radical (unpaired) electrons. The standard InChI is InChI=1S/C18H23N3O2/c1-11(10-17-20-8-9-21-17)12(2)23-16-7-6-13-14(18(16)19)4-3-5-15(13)22/h6-9,11-12H,3-5,10,19H2,1-2H3,(H,20,21). The summed E-state index contributed by atoms with van der Waals surface area (Å²) in [7, 11) is 0. The van der Waals surface area contributed by atoms with E-state index >= 15 is 0 Å². The van der Waals surface area contributed by atoms with Crippen LogP contribution in [-0.4, -0.2) is 21.9 Å².